The fourth-order valence-electron chi connectivity index (χ4n) is 1.36. The predicted molar refractivity (Wildman–Crippen MR) is 60.6 cm³/mol. The van der Waals surface area contributed by atoms with E-state index in [4.69, 9.17) is 16.7 Å². The highest BCUT2D eigenvalue weighted by molar-refractivity contribution is 6.31. The summed E-state index contributed by atoms with van der Waals surface area (Å²) in [6.45, 7) is 3.56. The molecule has 2 rings (SSSR count). The van der Waals surface area contributed by atoms with Gasteiger partial charge in [-0.1, -0.05) is 11.6 Å². The Kier molecular flexibility index (Phi) is 2.81. The van der Waals surface area contributed by atoms with Crippen LogP contribution in [0, 0.1) is 13.8 Å². The van der Waals surface area contributed by atoms with Crippen LogP contribution in [0.1, 0.15) is 21.7 Å². The molecule has 0 amide bonds. The highest BCUT2D eigenvalue weighted by Crippen LogP contribution is 2.20. The lowest BCUT2D eigenvalue weighted by molar-refractivity contribution is 0.0696. The molecule has 2 aromatic rings. The van der Waals surface area contributed by atoms with Gasteiger partial charge in [0.25, 0.3) is 5.95 Å². The highest BCUT2D eigenvalue weighted by Gasteiger charge is 2.13. The summed E-state index contributed by atoms with van der Waals surface area (Å²) in [5.74, 6) is -0.773. The summed E-state index contributed by atoms with van der Waals surface area (Å²) in [5.41, 5.74) is 1.42. The van der Waals surface area contributed by atoms with Crippen molar-refractivity contribution >= 4 is 17.6 Å². The summed E-state index contributed by atoms with van der Waals surface area (Å²) in [4.78, 5) is 18.5. The Hall–Kier alpha value is -1.95. The van der Waals surface area contributed by atoms with E-state index in [0.29, 0.717) is 22.4 Å². The Morgan fingerprint density at radius 3 is 2.35 bits per heavy atom. The molecular formula is C10H9ClN4O2. The lowest BCUT2D eigenvalue weighted by Crippen LogP contribution is -2.07. The molecule has 0 bridgehead atoms. The van der Waals surface area contributed by atoms with Crippen molar-refractivity contribution in [1.29, 1.82) is 0 Å². The minimum absolute atomic E-state index is 0.0291. The molecule has 17 heavy (non-hydrogen) atoms. The van der Waals surface area contributed by atoms with E-state index < -0.39 is 5.97 Å². The van der Waals surface area contributed by atoms with Crippen LogP contribution < -0.4 is 0 Å². The van der Waals surface area contributed by atoms with Crippen LogP contribution in [0.15, 0.2) is 12.4 Å². The zero-order valence-electron chi connectivity index (χ0n) is 9.18. The Bertz CT molecular complexity index is 577. The lowest BCUT2D eigenvalue weighted by Gasteiger charge is -2.01. The van der Waals surface area contributed by atoms with Crippen molar-refractivity contribution in [3.8, 4) is 5.95 Å². The zero-order chi connectivity index (χ0) is 12.6. The summed E-state index contributed by atoms with van der Waals surface area (Å²) in [6, 6.07) is 0. The van der Waals surface area contributed by atoms with Crippen molar-refractivity contribution < 1.29 is 9.90 Å². The monoisotopic (exact) mass is 252 g/mol. The Morgan fingerprint density at radius 2 is 1.94 bits per heavy atom. The molecule has 0 atom stereocenters. The van der Waals surface area contributed by atoms with Crippen molar-refractivity contribution in [2.75, 3.05) is 0 Å². The second-order valence-electron chi connectivity index (χ2n) is 3.47. The first-order valence-corrected chi connectivity index (χ1v) is 5.16. The van der Waals surface area contributed by atoms with E-state index in [0.717, 1.165) is 0 Å². The van der Waals surface area contributed by atoms with Gasteiger partial charge in [0.15, 0.2) is 0 Å². The van der Waals surface area contributed by atoms with Gasteiger partial charge >= 0.3 is 5.97 Å². The van der Waals surface area contributed by atoms with Gasteiger partial charge in [-0.3, -0.25) is 0 Å². The molecule has 0 unspecified atom stereocenters. The number of carboxylic acids is 1. The number of aromatic nitrogens is 4. The summed E-state index contributed by atoms with van der Waals surface area (Å²) < 4.78 is 1.48. The second-order valence-corrected chi connectivity index (χ2v) is 3.85. The number of hydrogen-bond acceptors (Lipinski definition) is 4. The van der Waals surface area contributed by atoms with E-state index in [9.17, 15) is 4.79 Å². The number of hydrogen-bond donors (Lipinski definition) is 1. The number of carbonyl (C=O) groups is 1. The van der Waals surface area contributed by atoms with Gasteiger partial charge in [-0.2, -0.15) is 5.10 Å². The summed E-state index contributed by atoms with van der Waals surface area (Å²) in [7, 11) is 0. The van der Waals surface area contributed by atoms with Gasteiger partial charge in [0.2, 0.25) is 0 Å². The third-order valence-electron chi connectivity index (χ3n) is 2.28. The number of aryl methyl sites for hydroxylation is 1. The molecule has 88 valence electrons. The number of aromatic carboxylic acids is 1. The minimum Gasteiger partial charge on any atom is -0.478 e. The third-order valence-corrected chi connectivity index (χ3v) is 2.82. The summed E-state index contributed by atoms with van der Waals surface area (Å²) >= 11 is 6.00. The van der Waals surface area contributed by atoms with E-state index in [1.807, 2.05) is 0 Å². The number of rotatable bonds is 2. The van der Waals surface area contributed by atoms with Crippen LogP contribution in [-0.4, -0.2) is 30.8 Å². The van der Waals surface area contributed by atoms with Crippen LogP contribution in [0.2, 0.25) is 5.02 Å². The second kappa shape index (κ2) is 4.14. The largest absolute Gasteiger partial charge is 0.478 e. The average Bonchev–Trinajstić information content (AvgIpc) is 2.57. The molecule has 2 heterocycles. The molecule has 6 nitrogen and oxygen atoms in total. The topological polar surface area (TPSA) is 80.9 Å². The molecule has 7 heteroatoms. The predicted octanol–water partition coefficient (Wildman–Crippen LogP) is 1.63. The Labute approximate surface area is 102 Å². The maximum atomic E-state index is 10.7. The van der Waals surface area contributed by atoms with E-state index >= 15 is 0 Å². The van der Waals surface area contributed by atoms with Gasteiger partial charge in [0.1, 0.15) is 0 Å². The molecule has 0 spiro atoms. The number of halogens is 1. The standard InChI is InChI=1S/C10H9ClN4O2/c1-5-8(11)6(2)15(14-5)10-12-3-7(4-13-10)9(16)17/h3-4H,1-2H3,(H,16,17). The number of carboxylic acid groups (broad SMARTS) is 1. The maximum absolute atomic E-state index is 10.7. The van der Waals surface area contributed by atoms with E-state index in [2.05, 4.69) is 15.1 Å². The highest BCUT2D eigenvalue weighted by atomic mass is 35.5. The first kappa shape index (κ1) is 11.5. The molecular weight excluding hydrogens is 244 g/mol. The zero-order valence-corrected chi connectivity index (χ0v) is 9.93. The van der Waals surface area contributed by atoms with Crippen LogP contribution in [0.5, 0.6) is 0 Å². The molecule has 0 radical (unpaired) electrons. The minimum atomic E-state index is -1.07. The van der Waals surface area contributed by atoms with Crippen LogP contribution in [0.3, 0.4) is 0 Å². The van der Waals surface area contributed by atoms with E-state index in [1.165, 1.54) is 17.1 Å². The fourth-order valence-corrected chi connectivity index (χ4v) is 1.48. The van der Waals surface area contributed by atoms with Crippen LogP contribution >= 0.6 is 11.6 Å². The molecule has 0 aliphatic carbocycles. The maximum Gasteiger partial charge on any atom is 0.338 e. The molecule has 2 aromatic heterocycles. The molecule has 1 N–H and O–H groups in total. The van der Waals surface area contributed by atoms with Gasteiger partial charge in [-0.25, -0.2) is 19.4 Å². The van der Waals surface area contributed by atoms with Gasteiger partial charge in [-0.15, -0.1) is 0 Å². The lowest BCUT2D eigenvalue weighted by atomic mass is 10.3. The van der Waals surface area contributed by atoms with Crippen molar-refractivity contribution in [3.63, 3.8) is 0 Å². The Morgan fingerprint density at radius 1 is 1.35 bits per heavy atom. The van der Waals surface area contributed by atoms with Crippen LogP contribution in [0.25, 0.3) is 5.95 Å². The van der Waals surface area contributed by atoms with Crippen molar-refractivity contribution in [1.82, 2.24) is 19.7 Å². The van der Waals surface area contributed by atoms with E-state index in [-0.39, 0.29) is 5.56 Å². The SMILES string of the molecule is Cc1nn(-c2ncc(C(=O)O)cn2)c(C)c1Cl. The van der Waals surface area contributed by atoms with Gasteiger partial charge in [-0.05, 0) is 13.8 Å². The Balaban J connectivity index is 2.47. The van der Waals surface area contributed by atoms with Gasteiger partial charge in [0, 0.05) is 12.4 Å². The van der Waals surface area contributed by atoms with Crippen LogP contribution in [-0.2, 0) is 0 Å². The smallest absolute Gasteiger partial charge is 0.338 e. The first-order chi connectivity index (χ1) is 8.00. The molecule has 0 aromatic carbocycles. The first-order valence-electron chi connectivity index (χ1n) is 4.78. The molecule has 0 aliphatic heterocycles. The molecule has 0 aliphatic rings. The quantitative estimate of drug-likeness (QED) is 0.879. The fraction of sp³-hybridized carbons (Fsp3) is 0.200. The number of nitrogens with zero attached hydrogens (tertiary/aromatic N) is 4. The van der Waals surface area contributed by atoms with E-state index in [1.54, 1.807) is 13.8 Å². The average molecular weight is 253 g/mol. The van der Waals surface area contributed by atoms with Gasteiger partial charge in [0.05, 0.1) is 22.0 Å². The summed E-state index contributed by atoms with van der Waals surface area (Å²) in [5, 5.41) is 13.4. The van der Waals surface area contributed by atoms with Crippen molar-refractivity contribution in [2.24, 2.45) is 0 Å². The third kappa shape index (κ3) is 1.99. The molecule has 0 fully saturated rings. The van der Waals surface area contributed by atoms with Crippen LogP contribution in [0.4, 0.5) is 0 Å². The normalized spacial score (nSPS) is 10.5. The van der Waals surface area contributed by atoms with Crippen molar-refractivity contribution in [3.05, 3.63) is 34.4 Å². The molecule has 0 saturated carbocycles. The summed E-state index contributed by atoms with van der Waals surface area (Å²) in [6.07, 6.45) is 2.46. The van der Waals surface area contributed by atoms with Crippen molar-refractivity contribution in [2.45, 2.75) is 13.8 Å². The molecule has 0 saturated heterocycles. The van der Waals surface area contributed by atoms with Gasteiger partial charge < -0.3 is 5.11 Å².